The molecule has 6 heteroatoms. The average Bonchev–Trinajstić information content (AvgIpc) is 3.16. The molecule has 3 rings (SSSR count). The molecular weight excluding hydrogens is 328 g/mol. The van der Waals surface area contributed by atoms with Crippen molar-refractivity contribution in [3.63, 3.8) is 0 Å². The van der Waals surface area contributed by atoms with E-state index in [0.717, 1.165) is 29.7 Å². The molecule has 0 atom stereocenters. The third-order valence-electron chi connectivity index (χ3n) is 4.43. The monoisotopic (exact) mass is 354 g/mol. The summed E-state index contributed by atoms with van der Waals surface area (Å²) in [5.74, 6) is 1.01. The third kappa shape index (κ3) is 4.95. The molecule has 0 aliphatic heterocycles. The van der Waals surface area contributed by atoms with Crippen molar-refractivity contribution in [2.24, 2.45) is 10.7 Å². The number of nitrogens with two attached hydrogens (primary N) is 1. The Morgan fingerprint density at radius 3 is 2.77 bits per heavy atom. The maximum absolute atomic E-state index is 6.07. The van der Waals surface area contributed by atoms with E-state index in [1.54, 1.807) is 13.3 Å². The largest absolute Gasteiger partial charge is 0.474 e. The Labute approximate surface area is 154 Å². The Morgan fingerprint density at radius 1 is 1.19 bits per heavy atom. The standard InChI is InChI=1S/C20H26N4O2/c1-25-14-16-7-2-5-11-18(16)24-20(21)23-13-15-8-6-12-22-19(15)26-17-9-3-4-10-17/h2,5-8,11-12,17H,3-4,9-10,13-14H2,1H3,(H3,21,23,24). The highest BCUT2D eigenvalue weighted by atomic mass is 16.5. The molecule has 1 fully saturated rings. The highest BCUT2D eigenvalue weighted by Crippen LogP contribution is 2.25. The van der Waals surface area contributed by atoms with Crippen molar-refractivity contribution in [3.8, 4) is 5.88 Å². The van der Waals surface area contributed by atoms with Gasteiger partial charge in [-0.2, -0.15) is 0 Å². The number of ether oxygens (including phenoxy) is 2. The average molecular weight is 354 g/mol. The van der Waals surface area contributed by atoms with Crippen molar-refractivity contribution in [2.45, 2.75) is 44.9 Å². The molecule has 1 heterocycles. The number of methoxy groups -OCH3 is 1. The summed E-state index contributed by atoms with van der Waals surface area (Å²) in [4.78, 5) is 8.82. The number of anilines is 1. The first-order valence-electron chi connectivity index (χ1n) is 9.00. The van der Waals surface area contributed by atoms with Crippen LogP contribution in [-0.2, 0) is 17.9 Å². The fraction of sp³-hybridized carbons (Fsp3) is 0.400. The Balaban J connectivity index is 1.66. The molecule has 0 radical (unpaired) electrons. The number of benzene rings is 1. The molecule has 138 valence electrons. The first-order valence-corrected chi connectivity index (χ1v) is 9.00. The van der Waals surface area contributed by atoms with Crippen LogP contribution in [0.3, 0.4) is 0 Å². The van der Waals surface area contributed by atoms with E-state index in [0.29, 0.717) is 25.0 Å². The van der Waals surface area contributed by atoms with Crippen molar-refractivity contribution < 1.29 is 9.47 Å². The van der Waals surface area contributed by atoms with Gasteiger partial charge in [-0.05, 0) is 37.8 Å². The lowest BCUT2D eigenvalue weighted by Gasteiger charge is -2.15. The molecule has 26 heavy (non-hydrogen) atoms. The van der Waals surface area contributed by atoms with E-state index in [2.05, 4.69) is 15.3 Å². The van der Waals surface area contributed by atoms with Gasteiger partial charge in [0.05, 0.1) is 13.2 Å². The van der Waals surface area contributed by atoms with E-state index in [1.807, 2.05) is 36.4 Å². The number of guanidine groups is 1. The number of aromatic nitrogens is 1. The Kier molecular flexibility index (Phi) is 6.44. The summed E-state index contributed by atoms with van der Waals surface area (Å²) in [6.07, 6.45) is 6.66. The molecule has 1 aromatic carbocycles. The molecule has 0 saturated heterocycles. The minimum atomic E-state index is 0.268. The fourth-order valence-electron chi connectivity index (χ4n) is 3.09. The van der Waals surface area contributed by atoms with Gasteiger partial charge >= 0.3 is 0 Å². The van der Waals surface area contributed by atoms with Crippen LogP contribution in [-0.4, -0.2) is 24.2 Å². The molecule has 6 nitrogen and oxygen atoms in total. The van der Waals surface area contributed by atoms with Gasteiger partial charge in [0.25, 0.3) is 0 Å². The summed E-state index contributed by atoms with van der Waals surface area (Å²) < 4.78 is 11.3. The number of para-hydroxylation sites is 1. The predicted octanol–water partition coefficient (Wildman–Crippen LogP) is 3.48. The SMILES string of the molecule is COCc1ccccc1NC(N)=NCc1cccnc1OC1CCCC1. The second kappa shape index (κ2) is 9.20. The summed E-state index contributed by atoms with van der Waals surface area (Å²) in [6.45, 7) is 0.930. The maximum Gasteiger partial charge on any atom is 0.218 e. The van der Waals surface area contributed by atoms with Crippen LogP contribution in [0.25, 0.3) is 0 Å². The van der Waals surface area contributed by atoms with Crippen molar-refractivity contribution in [1.29, 1.82) is 0 Å². The summed E-state index contributed by atoms with van der Waals surface area (Å²) in [5, 5.41) is 3.14. The highest BCUT2D eigenvalue weighted by molar-refractivity contribution is 5.92. The van der Waals surface area contributed by atoms with E-state index in [1.165, 1.54) is 12.8 Å². The lowest BCUT2D eigenvalue weighted by atomic mass is 10.2. The molecule has 1 saturated carbocycles. The van der Waals surface area contributed by atoms with Gasteiger partial charge in [-0.1, -0.05) is 24.3 Å². The molecule has 2 aromatic rings. The van der Waals surface area contributed by atoms with Crippen LogP contribution < -0.4 is 15.8 Å². The topological polar surface area (TPSA) is 81.8 Å². The highest BCUT2D eigenvalue weighted by Gasteiger charge is 2.18. The van der Waals surface area contributed by atoms with Gasteiger partial charge < -0.3 is 20.5 Å². The summed E-state index contributed by atoms with van der Waals surface area (Å²) >= 11 is 0. The molecular formula is C20H26N4O2. The number of hydrogen-bond acceptors (Lipinski definition) is 4. The van der Waals surface area contributed by atoms with Gasteiger partial charge in [-0.3, -0.25) is 0 Å². The number of hydrogen-bond donors (Lipinski definition) is 2. The first-order chi connectivity index (χ1) is 12.8. The summed E-state index contributed by atoms with van der Waals surface area (Å²) in [7, 11) is 1.67. The van der Waals surface area contributed by atoms with Crippen LogP contribution in [0.4, 0.5) is 5.69 Å². The molecule has 0 amide bonds. The minimum absolute atomic E-state index is 0.268. The van der Waals surface area contributed by atoms with Gasteiger partial charge in [-0.15, -0.1) is 0 Å². The maximum atomic E-state index is 6.07. The summed E-state index contributed by atoms with van der Waals surface area (Å²) in [6, 6.07) is 11.7. The van der Waals surface area contributed by atoms with Gasteiger partial charge in [0, 0.05) is 30.1 Å². The minimum Gasteiger partial charge on any atom is -0.474 e. The van der Waals surface area contributed by atoms with E-state index >= 15 is 0 Å². The van der Waals surface area contributed by atoms with Crippen molar-refractivity contribution in [3.05, 3.63) is 53.7 Å². The van der Waals surface area contributed by atoms with Crippen LogP contribution in [0.5, 0.6) is 5.88 Å². The molecule has 1 aliphatic rings. The second-order valence-corrected chi connectivity index (χ2v) is 6.41. The number of nitrogens with zero attached hydrogens (tertiary/aromatic N) is 2. The van der Waals surface area contributed by atoms with Crippen LogP contribution in [0.2, 0.25) is 0 Å². The van der Waals surface area contributed by atoms with E-state index in [-0.39, 0.29) is 6.10 Å². The van der Waals surface area contributed by atoms with Gasteiger partial charge in [-0.25, -0.2) is 9.98 Å². The zero-order chi connectivity index (χ0) is 18.2. The van der Waals surface area contributed by atoms with Crippen molar-refractivity contribution >= 4 is 11.6 Å². The van der Waals surface area contributed by atoms with Gasteiger partial charge in [0.15, 0.2) is 5.96 Å². The Hall–Kier alpha value is -2.60. The molecule has 3 N–H and O–H groups in total. The van der Waals surface area contributed by atoms with E-state index < -0.39 is 0 Å². The smallest absolute Gasteiger partial charge is 0.218 e. The predicted molar refractivity (Wildman–Crippen MR) is 103 cm³/mol. The van der Waals surface area contributed by atoms with Crippen molar-refractivity contribution in [1.82, 2.24) is 4.98 Å². The van der Waals surface area contributed by atoms with Crippen LogP contribution in [0.1, 0.15) is 36.8 Å². The third-order valence-corrected chi connectivity index (χ3v) is 4.43. The number of pyridine rings is 1. The molecule has 0 spiro atoms. The fourth-order valence-corrected chi connectivity index (χ4v) is 3.09. The Bertz CT molecular complexity index is 742. The van der Waals surface area contributed by atoms with Gasteiger partial charge in [0.1, 0.15) is 6.10 Å². The lowest BCUT2D eigenvalue weighted by molar-refractivity contribution is 0.185. The van der Waals surface area contributed by atoms with Crippen LogP contribution >= 0.6 is 0 Å². The molecule has 0 bridgehead atoms. The van der Waals surface area contributed by atoms with Crippen LogP contribution in [0, 0.1) is 0 Å². The molecule has 1 aliphatic carbocycles. The molecule has 1 aromatic heterocycles. The van der Waals surface area contributed by atoms with Crippen molar-refractivity contribution in [2.75, 3.05) is 12.4 Å². The Morgan fingerprint density at radius 2 is 1.96 bits per heavy atom. The summed E-state index contributed by atoms with van der Waals surface area (Å²) in [5.41, 5.74) is 8.93. The zero-order valence-corrected chi connectivity index (χ0v) is 15.1. The zero-order valence-electron chi connectivity index (χ0n) is 15.1. The second-order valence-electron chi connectivity index (χ2n) is 6.41. The van der Waals surface area contributed by atoms with E-state index in [9.17, 15) is 0 Å². The normalized spacial score (nSPS) is 15.2. The number of rotatable bonds is 7. The lowest BCUT2D eigenvalue weighted by Crippen LogP contribution is -2.23. The van der Waals surface area contributed by atoms with Crippen LogP contribution in [0.15, 0.2) is 47.6 Å². The van der Waals surface area contributed by atoms with E-state index in [4.69, 9.17) is 15.2 Å². The first kappa shape index (κ1) is 18.2. The number of nitrogens with one attached hydrogen (secondary N) is 1. The van der Waals surface area contributed by atoms with Gasteiger partial charge in [0.2, 0.25) is 5.88 Å². The molecule has 0 unspecified atom stereocenters. The number of aliphatic imine (C=N–C) groups is 1. The quantitative estimate of drug-likeness (QED) is 0.588.